The highest BCUT2D eigenvalue weighted by molar-refractivity contribution is 5.69. The van der Waals surface area contributed by atoms with E-state index in [1.165, 1.54) is 89.9 Å². The Morgan fingerprint density at radius 3 is 1.82 bits per heavy atom. The summed E-state index contributed by atoms with van der Waals surface area (Å²) in [6, 6.07) is 0. The molecule has 0 aliphatic carbocycles. The van der Waals surface area contributed by atoms with Crippen LogP contribution in [0.15, 0.2) is 12.2 Å². The Hall–Kier alpha value is -0.790. The highest BCUT2D eigenvalue weighted by atomic mass is 16.5. The van der Waals surface area contributed by atoms with E-state index in [1.807, 2.05) is 0 Å². The summed E-state index contributed by atoms with van der Waals surface area (Å²) in [5.74, 6) is 0.561. The molecule has 0 heterocycles. The quantitative estimate of drug-likeness (QED) is 0.110. The minimum atomic E-state index is 0.00701. The van der Waals surface area contributed by atoms with Gasteiger partial charge in [0.15, 0.2) is 0 Å². The smallest absolute Gasteiger partial charge is 0.305 e. The number of rotatable bonds is 21. The monoisotopic (exact) mass is 394 g/mol. The molecule has 0 fully saturated rings. The van der Waals surface area contributed by atoms with Crippen molar-refractivity contribution in [3.05, 3.63) is 12.2 Å². The Bertz CT molecular complexity index is 348. The zero-order valence-electron chi connectivity index (χ0n) is 19.5. The highest BCUT2D eigenvalue weighted by Crippen LogP contribution is 2.14. The summed E-state index contributed by atoms with van der Waals surface area (Å²) in [7, 11) is 0. The number of carbonyl (C=O) groups is 1. The van der Waals surface area contributed by atoms with Gasteiger partial charge in [0.2, 0.25) is 0 Å². The van der Waals surface area contributed by atoms with Crippen molar-refractivity contribution in [3.8, 4) is 0 Å². The average molecular weight is 395 g/mol. The SMILES string of the molecule is CCCCCCCC/C=C/CCCCCCCC(=O)OCC(CC)CCCC. The second kappa shape index (κ2) is 22.5. The van der Waals surface area contributed by atoms with Crippen LogP contribution in [-0.2, 0) is 9.53 Å². The molecular formula is C26H50O2. The first-order valence-corrected chi connectivity index (χ1v) is 12.5. The van der Waals surface area contributed by atoms with E-state index < -0.39 is 0 Å². The van der Waals surface area contributed by atoms with E-state index in [0.717, 1.165) is 19.3 Å². The average Bonchev–Trinajstić information content (AvgIpc) is 2.71. The molecule has 166 valence electrons. The minimum Gasteiger partial charge on any atom is -0.465 e. The summed E-state index contributed by atoms with van der Waals surface area (Å²) in [6.07, 6.45) is 26.8. The molecule has 0 radical (unpaired) electrons. The highest BCUT2D eigenvalue weighted by Gasteiger charge is 2.09. The van der Waals surface area contributed by atoms with Gasteiger partial charge in [-0.05, 0) is 44.4 Å². The van der Waals surface area contributed by atoms with Gasteiger partial charge in [0, 0.05) is 6.42 Å². The van der Waals surface area contributed by atoms with Gasteiger partial charge in [-0.15, -0.1) is 0 Å². The molecule has 0 aromatic carbocycles. The fraction of sp³-hybridized carbons (Fsp3) is 0.885. The van der Waals surface area contributed by atoms with Gasteiger partial charge >= 0.3 is 5.97 Å². The maximum atomic E-state index is 11.8. The number of hydrogen-bond acceptors (Lipinski definition) is 2. The molecule has 28 heavy (non-hydrogen) atoms. The molecule has 0 aliphatic rings. The topological polar surface area (TPSA) is 26.3 Å². The normalized spacial score (nSPS) is 12.5. The van der Waals surface area contributed by atoms with E-state index in [0.29, 0.717) is 18.9 Å². The van der Waals surface area contributed by atoms with Gasteiger partial charge < -0.3 is 4.74 Å². The van der Waals surface area contributed by atoms with Gasteiger partial charge in [-0.3, -0.25) is 4.79 Å². The molecule has 2 heteroatoms. The molecule has 0 amide bonds. The third-order valence-corrected chi connectivity index (χ3v) is 5.67. The fourth-order valence-electron chi connectivity index (χ4n) is 3.52. The van der Waals surface area contributed by atoms with Gasteiger partial charge in [0.1, 0.15) is 0 Å². The predicted molar refractivity (Wildman–Crippen MR) is 124 cm³/mol. The number of allylic oxidation sites excluding steroid dienone is 2. The second-order valence-electron chi connectivity index (χ2n) is 8.43. The lowest BCUT2D eigenvalue weighted by atomic mass is 10.0. The van der Waals surface area contributed by atoms with Crippen LogP contribution in [0.2, 0.25) is 0 Å². The summed E-state index contributed by atoms with van der Waals surface area (Å²) in [5, 5.41) is 0. The van der Waals surface area contributed by atoms with Gasteiger partial charge in [-0.2, -0.15) is 0 Å². The predicted octanol–water partition coefficient (Wildman–Crippen LogP) is 8.78. The van der Waals surface area contributed by atoms with Crippen LogP contribution in [-0.4, -0.2) is 12.6 Å². The Labute approximate surface area is 176 Å². The Balaban J connectivity index is 3.35. The Morgan fingerprint density at radius 1 is 0.714 bits per heavy atom. The first-order chi connectivity index (χ1) is 13.7. The molecule has 0 spiro atoms. The maximum Gasteiger partial charge on any atom is 0.305 e. The van der Waals surface area contributed by atoms with Crippen LogP contribution in [0, 0.1) is 5.92 Å². The van der Waals surface area contributed by atoms with E-state index in [9.17, 15) is 4.79 Å². The molecule has 0 saturated carbocycles. The van der Waals surface area contributed by atoms with E-state index in [1.54, 1.807) is 0 Å². The van der Waals surface area contributed by atoms with Crippen molar-refractivity contribution in [2.75, 3.05) is 6.61 Å². The summed E-state index contributed by atoms with van der Waals surface area (Å²) >= 11 is 0. The van der Waals surface area contributed by atoms with Crippen molar-refractivity contribution in [1.82, 2.24) is 0 Å². The molecule has 0 bridgehead atoms. The number of hydrogen-bond donors (Lipinski definition) is 0. The van der Waals surface area contributed by atoms with Crippen LogP contribution in [0.3, 0.4) is 0 Å². The van der Waals surface area contributed by atoms with Crippen LogP contribution in [0.4, 0.5) is 0 Å². The molecule has 1 unspecified atom stereocenters. The second-order valence-corrected chi connectivity index (χ2v) is 8.43. The maximum absolute atomic E-state index is 11.8. The number of esters is 1. The lowest BCUT2D eigenvalue weighted by Gasteiger charge is -2.14. The molecule has 0 aromatic rings. The largest absolute Gasteiger partial charge is 0.465 e. The number of unbranched alkanes of at least 4 members (excludes halogenated alkanes) is 12. The lowest BCUT2D eigenvalue weighted by Crippen LogP contribution is -2.13. The number of ether oxygens (including phenoxy) is 1. The third kappa shape index (κ3) is 20.0. The van der Waals surface area contributed by atoms with Crippen LogP contribution in [0.25, 0.3) is 0 Å². The van der Waals surface area contributed by atoms with Crippen molar-refractivity contribution >= 4 is 5.97 Å². The summed E-state index contributed by atoms with van der Waals surface area (Å²) in [6.45, 7) is 7.30. The fourth-order valence-corrected chi connectivity index (χ4v) is 3.52. The molecule has 2 nitrogen and oxygen atoms in total. The van der Waals surface area contributed by atoms with E-state index in [2.05, 4.69) is 32.9 Å². The molecule has 0 saturated heterocycles. The Morgan fingerprint density at radius 2 is 1.25 bits per heavy atom. The van der Waals surface area contributed by atoms with E-state index in [-0.39, 0.29) is 5.97 Å². The van der Waals surface area contributed by atoms with Crippen molar-refractivity contribution in [2.24, 2.45) is 5.92 Å². The molecule has 1 atom stereocenters. The first kappa shape index (κ1) is 27.2. The van der Waals surface area contributed by atoms with Crippen LogP contribution in [0.1, 0.15) is 136 Å². The van der Waals surface area contributed by atoms with Gasteiger partial charge in [0.05, 0.1) is 6.61 Å². The molecule has 0 aromatic heterocycles. The van der Waals surface area contributed by atoms with E-state index in [4.69, 9.17) is 4.74 Å². The zero-order valence-corrected chi connectivity index (χ0v) is 19.5. The lowest BCUT2D eigenvalue weighted by molar-refractivity contribution is -0.145. The van der Waals surface area contributed by atoms with Crippen LogP contribution < -0.4 is 0 Å². The first-order valence-electron chi connectivity index (χ1n) is 12.5. The zero-order chi connectivity index (χ0) is 20.7. The van der Waals surface area contributed by atoms with Crippen molar-refractivity contribution in [2.45, 2.75) is 136 Å². The van der Waals surface area contributed by atoms with Crippen LogP contribution in [0.5, 0.6) is 0 Å². The van der Waals surface area contributed by atoms with Crippen molar-refractivity contribution < 1.29 is 9.53 Å². The third-order valence-electron chi connectivity index (χ3n) is 5.67. The van der Waals surface area contributed by atoms with Gasteiger partial charge in [-0.1, -0.05) is 104 Å². The van der Waals surface area contributed by atoms with Gasteiger partial charge in [0.25, 0.3) is 0 Å². The van der Waals surface area contributed by atoms with Crippen molar-refractivity contribution in [3.63, 3.8) is 0 Å². The summed E-state index contributed by atoms with van der Waals surface area (Å²) in [4.78, 5) is 11.8. The number of carbonyl (C=O) groups excluding carboxylic acids is 1. The summed E-state index contributed by atoms with van der Waals surface area (Å²) < 4.78 is 5.46. The van der Waals surface area contributed by atoms with Crippen LogP contribution >= 0.6 is 0 Å². The minimum absolute atomic E-state index is 0.00701. The Kier molecular flexibility index (Phi) is 21.9. The molecule has 0 aliphatic heterocycles. The van der Waals surface area contributed by atoms with Gasteiger partial charge in [-0.25, -0.2) is 0 Å². The molecular weight excluding hydrogens is 344 g/mol. The molecule has 0 rings (SSSR count). The standard InChI is InChI=1S/C26H50O2/c1-4-7-9-10-11-12-13-14-15-16-17-18-19-20-21-23-26(27)28-24-25(6-3)22-8-5-2/h14-15,25H,4-13,16-24H2,1-3H3/b15-14+. The molecule has 0 N–H and O–H groups in total. The van der Waals surface area contributed by atoms with E-state index >= 15 is 0 Å². The van der Waals surface area contributed by atoms with Crippen molar-refractivity contribution in [1.29, 1.82) is 0 Å². The summed E-state index contributed by atoms with van der Waals surface area (Å²) in [5.41, 5.74) is 0.